The molecule has 1 amide bonds. The highest BCUT2D eigenvalue weighted by Crippen LogP contribution is 2.23. The number of pyridine rings is 1. The number of benzene rings is 2. The lowest BCUT2D eigenvalue weighted by molar-refractivity contribution is -0.132. The van der Waals surface area contributed by atoms with E-state index >= 15 is 0 Å². The van der Waals surface area contributed by atoms with Crippen molar-refractivity contribution >= 4 is 21.8 Å². The molecule has 0 saturated carbocycles. The second-order valence-electron chi connectivity index (χ2n) is 7.20. The van der Waals surface area contributed by atoms with Crippen LogP contribution in [0.3, 0.4) is 0 Å². The summed E-state index contributed by atoms with van der Waals surface area (Å²) in [5.74, 6) is -0.0350. The lowest BCUT2D eigenvalue weighted by atomic mass is 10.1. The number of sulfonamides is 1. The van der Waals surface area contributed by atoms with Gasteiger partial charge in [-0.1, -0.05) is 48.5 Å². The van der Waals surface area contributed by atoms with E-state index in [2.05, 4.69) is 14.7 Å². The highest BCUT2D eigenvalue weighted by atomic mass is 32.2. The van der Waals surface area contributed by atoms with Gasteiger partial charge in [0.15, 0.2) is 0 Å². The van der Waals surface area contributed by atoms with Crippen molar-refractivity contribution < 1.29 is 13.2 Å². The zero-order chi connectivity index (χ0) is 21.8. The van der Waals surface area contributed by atoms with Gasteiger partial charge in [-0.3, -0.25) is 19.5 Å². The summed E-state index contributed by atoms with van der Waals surface area (Å²) >= 11 is 0. The molecule has 7 nitrogen and oxygen atoms in total. The summed E-state index contributed by atoms with van der Waals surface area (Å²) in [5.41, 5.74) is 2.23. The molecule has 1 unspecified atom stereocenters. The Kier molecular flexibility index (Phi) is 5.81. The Labute approximate surface area is 181 Å². The summed E-state index contributed by atoms with van der Waals surface area (Å²) in [6.45, 7) is 2.13. The number of fused-ring (bicyclic) bond motifs is 1. The number of aromatic nitrogens is 1. The zero-order valence-electron chi connectivity index (χ0n) is 17.0. The molecule has 2 aromatic carbocycles. The Morgan fingerprint density at radius 1 is 1.03 bits per heavy atom. The Morgan fingerprint density at radius 3 is 2.48 bits per heavy atom. The molecule has 3 aromatic rings. The van der Waals surface area contributed by atoms with E-state index in [1.807, 2.05) is 55.5 Å². The summed E-state index contributed by atoms with van der Waals surface area (Å²) in [7, 11) is -3.65. The molecule has 0 saturated heterocycles. The molecule has 31 heavy (non-hydrogen) atoms. The average Bonchev–Trinajstić information content (AvgIpc) is 3.07. The van der Waals surface area contributed by atoms with Crippen LogP contribution in [0.15, 0.2) is 88.9 Å². The summed E-state index contributed by atoms with van der Waals surface area (Å²) in [5, 5.41) is 0. The maximum absolute atomic E-state index is 13.2. The van der Waals surface area contributed by atoms with Gasteiger partial charge >= 0.3 is 0 Å². The van der Waals surface area contributed by atoms with Gasteiger partial charge in [0.2, 0.25) is 5.91 Å². The fourth-order valence-corrected chi connectivity index (χ4v) is 4.74. The zero-order valence-corrected chi connectivity index (χ0v) is 17.8. The van der Waals surface area contributed by atoms with Crippen LogP contribution in [0.5, 0.6) is 0 Å². The quantitative estimate of drug-likeness (QED) is 0.646. The average molecular weight is 435 g/mol. The molecule has 8 heteroatoms. The van der Waals surface area contributed by atoms with E-state index in [4.69, 9.17) is 0 Å². The minimum absolute atomic E-state index is 0.171. The van der Waals surface area contributed by atoms with Crippen LogP contribution in [0.1, 0.15) is 29.8 Å². The third kappa shape index (κ3) is 4.49. The normalized spacial score (nSPS) is 16.4. The number of carbonyl (C=O) groups is 1. The molecule has 0 bridgehead atoms. The van der Waals surface area contributed by atoms with Crippen molar-refractivity contribution in [1.29, 1.82) is 0 Å². The van der Waals surface area contributed by atoms with Gasteiger partial charge in [-0.05, 0) is 36.8 Å². The van der Waals surface area contributed by atoms with Crippen LogP contribution in [0.2, 0.25) is 0 Å². The largest absolute Gasteiger partial charge is 0.328 e. The summed E-state index contributed by atoms with van der Waals surface area (Å²) in [4.78, 5) is 23.8. The molecule has 1 aliphatic heterocycles. The Morgan fingerprint density at radius 2 is 1.74 bits per heavy atom. The van der Waals surface area contributed by atoms with Crippen LogP contribution in [0.4, 0.5) is 0 Å². The number of nitrogens with one attached hydrogen (secondary N) is 1. The minimum atomic E-state index is -3.65. The smallest absolute Gasteiger partial charge is 0.263 e. The van der Waals surface area contributed by atoms with Gasteiger partial charge in [0.25, 0.3) is 10.0 Å². The molecule has 158 valence electrons. The SMILES string of the molecule is CC(c1ccccn1)N(Cc1ccccc1)C(=O)CN=C1NS(=O)(=O)c2ccccc21. The highest BCUT2D eigenvalue weighted by Gasteiger charge is 2.30. The minimum Gasteiger partial charge on any atom is -0.328 e. The van der Waals surface area contributed by atoms with Crippen LogP contribution in [-0.4, -0.2) is 36.6 Å². The predicted molar refractivity (Wildman–Crippen MR) is 118 cm³/mol. The molecule has 1 N–H and O–H groups in total. The fraction of sp³-hybridized carbons (Fsp3) is 0.174. The number of hydrogen-bond acceptors (Lipinski definition) is 5. The molecule has 1 aromatic heterocycles. The van der Waals surface area contributed by atoms with Gasteiger partial charge in [-0.25, -0.2) is 8.42 Å². The molecule has 1 atom stereocenters. The number of aliphatic imine (C=N–C) groups is 1. The molecule has 0 radical (unpaired) electrons. The highest BCUT2D eigenvalue weighted by molar-refractivity contribution is 7.90. The maximum Gasteiger partial charge on any atom is 0.263 e. The summed E-state index contributed by atoms with van der Waals surface area (Å²) in [6, 6.07) is 21.6. The summed E-state index contributed by atoms with van der Waals surface area (Å²) < 4.78 is 27.0. The van der Waals surface area contributed by atoms with Crippen molar-refractivity contribution in [2.45, 2.75) is 24.4 Å². The second kappa shape index (κ2) is 8.69. The molecule has 2 heterocycles. The van der Waals surface area contributed by atoms with E-state index in [1.165, 1.54) is 6.07 Å². The number of amides is 1. The lowest BCUT2D eigenvalue weighted by Crippen LogP contribution is -2.35. The molecular weight excluding hydrogens is 412 g/mol. The number of rotatable bonds is 6. The number of carbonyl (C=O) groups excluding carboxylic acids is 1. The standard InChI is InChI=1S/C23H22N4O3S/c1-17(20-12-7-8-14-24-20)27(16-18-9-3-2-4-10-18)22(28)15-25-23-19-11-5-6-13-21(19)31(29,30)26-23/h2-14,17H,15-16H2,1H3,(H,25,26). The van der Waals surface area contributed by atoms with Gasteiger partial charge in [-0.15, -0.1) is 0 Å². The fourth-order valence-electron chi connectivity index (χ4n) is 3.49. The Bertz CT molecular complexity index is 1210. The Balaban J connectivity index is 1.60. The van der Waals surface area contributed by atoms with Crippen LogP contribution in [0.25, 0.3) is 0 Å². The summed E-state index contributed by atoms with van der Waals surface area (Å²) in [6.07, 6.45) is 1.70. The van der Waals surface area contributed by atoms with Crippen LogP contribution in [0, 0.1) is 0 Å². The molecule has 0 spiro atoms. The van der Waals surface area contributed by atoms with Crippen molar-refractivity contribution in [3.8, 4) is 0 Å². The molecular formula is C23H22N4O3S. The van der Waals surface area contributed by atoms with E-state index in [0.717, 1.165) is 11.3 Å². The van der Waals surface area contributed by atoms with Gasteiger partial charge < -0.3 is 4.90 Å². The lowest BCUT2D eigenvalue weighted by Gasteiger charge is -2.28. The predicted octanol–water partition coefficient (Wildman–Crippen LogP) is 2.91. The van der Waals surface area contributed by atoms with E-state index in [0.29, 0.717) is 12.1 Å². The second-order valence-corrected chi connectivity index (χ2v) is 8.86. The van der Waals surface area contributed by atoms with Gasteiger partial charge in [-0.2, -0.15) is 0 Å². The van der Waals surface area contributed by atoms with Crippen molar-refractivity contribution in [2.75, 3.05) is 6.54 Å². The van der Waals surface area contributed by atoms with Gasteiger partial charge in [0.1, 0.15) is 12.4 Å². The van der Waals surface area contributed by atoms with E-state index in [1.54, 1.807) is 29.3 Å². The van der Waals surface area contributed by atoms with Crippen molar-refractivity contribution in [3.05, 3.63) is 95.8 Å². The molecule has 4 rings (SSSR count). The van der Waals surface area contributed by atoms with E-state index in [-0.39, 0.29) is 29.2 Å². The van der Waals surface area contributed by atoms with Crippen LogP contribution >= 0.6 is 0 Å². The first-order valence-corrected chi connectivity index (χ1v) is 11.3. The van der Waals surface area contributed by atoms with Gasteiger partial charge in [0, 0.05) is 18.3 Å². The number of amidine groups is 1. The topological polar surface area (TPSA) is 91.7 Å². The molecule has 0 fully saturated rings. The third-order valence-electron chi connectivity index (χ3n) is 5.13. The van der Waals surface area contributed by atoms with E-state index < -0.39 is 10.0 Å². The van der Waals surface area contributed by atoms with Gasteiger partial charge in [0.05, 0.1) is 16.6 Å². The van der Waals surface area contributed by atoms with E-state index in [9.17, 15) is 13.2 Å². The van der Waals surface area contributed by atoms with Crippen LogP contribution in [-0.2, 0) is 21.4 Å². The van der Waals surface area contributed by atoms with Crippen molar-refractivity contribution in [1.82, 2.24) is 14.6 Å². The molecule has 0 aliphatic carbocycles. The Hall–Kier alpha value is -3.52. The first-order chi connectivity index (χ1) is 15.0. The van der Waals surface area contributed by atoms with Crippen LogP contribution < -0.4 is 4.72 Å². The third-order valence-corrected chi connectivity index (χ3v) is 6.53. The monoisotopic (exact) mass is 434 g/mol. The number of hydrogen-bond donors (Lipinski definition) is 1. The first kappa shape index (κ1) is 20.7. The molecule has 1 aliphatic rings. The maximum atomic E-state index is 13.2. The van der Waals surface area contributed by atoms with Crippen molar-refractivity contribution in [3.63, 3.8) is 0 Å². The first-order valence-electron chi connectivity index (χ1n) is 9.87. The number of nitrogens with zero attached hydrogens (tertiary/aromatic N) is 3. The van der Waals surface area contributed by atoms with Crippen molar-refractivity contribution in [2.24, 2.45) is 4.99 Å².